The molecule has 1 amide bonds. The van der Waals surface area contributed by atoms with Crippen LogP contribution < -0.4 is 4.90 Å². The number of amides is 1. The molecule has 0 saturated heterocycles. The van der Waals surface area contributed by atoms with Gasteiger partial charge in [0.25, 0.3) is 5.91 Å². The fourth-order valence-electron chi connectivity index (χ4n) is 4.09. The highest BCUT2D eigenvalue weighted by Gasteiger charge is 2.35. The largest absolute Gasteiger partial charge is 0.363 e. The van der Waals surface area contributed by atoms with Crippen molar-refractivity contribution in [3.63, 3.8) is 0 Å². The van der Waals surface area contributed by atoms with Crippen molar-refractivity contribution in [3.05, 3.63) is 83.7 Å². The summed E-state index contributed by atoms with van der Waals surface area (Å²) in [5.41, 5.74) is 4.36. The number of H-pyrrole nitrogens is 1. The van der Waals surface area contributed by atoms with E-state index in [4.69, 9.17) is 4.98 Å². The van der Waals surface area contributed by atoms with Crippen molar-refractivity contribution in [1.29, 1.82) is 0 Å². The zero-order chi connectivity index (χ0) is 20.7. The van der Waals surface area contributed by atoms with Crippen LogP contribution in [0.4, 0.5) is 5.82 Å². The van der Waals surface area contributed by atoms with Gasteiger partial charge in [0.05, 0.1) is 23.1 Å². The summed E-state index contributed by atoms with van der Waals surface area (Å²) in [6, 6.07) is 13.3. The summed E-state index contributed by atoms with van der Waals surface area (Å²) >= 11 is 0. The summed E-state index contributed by atoms with van der Waals surface area (Å²) in [7, 11) is 3.86. The molecule has 0 fully saturated rings. The molecule has 1 aromatic carbocycles. The van der Waals surface area contributed by atoms with E-state index in [9.17, 15) is 4.79 Å². The van der Waals surface area contributed by atoms with E-state index >= 15 is 0 Å². The minimum atomic E-state index is -0.282. The number of pyridine rings is 2. The third kappa shape index (κ3) is 2.99. The summed E-state index contributed by atoms with van der Waals surface area (Å²) in [4.78, 5) is 34.5. The van der Waals surface area contributed by atoms with Gasteiger partial charge in [-0.1, -0.05) is 24.3 Å². The van der Waals surface area contributed by atoms with Gasteiger partial charge in [-0.25, -0.2) is 9.97 Å². The van der Waals surface area contributed by atoms with E-state index < -0.39 is 0 Å². The lowest BCUT2D eigenvalue weighted by atomic mass is 9.95. The van der Waals surface area contributed by atoms with Crippen molar-refractivity contribution in [1.82, 2.24) is 24.8 Å². The highest BCUT2D eigenvalue weighted by atomic mass is 16.2. The average molecular weight is 398 g/mol. The molecule has 7 heteroatoms. The molecule has 4 aromatic rings. The van der Waals surface area contributed by atoms with Crippen molar-refractivity contribution in [2.24, 2.45) is 0 Å². The molecule has 1 aliphatic heterocycles. The Bertz CT molecular complexity index is 1220. The van der Waals surface area contributed by atoms with Crippen LogP contribution in [0.25, 0.3) is 10.9 Å². The molecule has 0 saturated carbocycles. The van der Waals surface area contributed by atoms with Crippen molar-refractivity contribution in [3.8, 4) is 0 Å². The lowest BCUT2D eigenvalue weighted by Gasteiger charge is -2.35. The Labute approximate surface area is 174 Å². The molecule has 1 aliphatic rings. The Morgan fingerprint density at radius 1 is 1.20 bits per heavy atom. The van der Waals surface area contributed by atoms with Crippen molar-refractivity contribution >= 4 is 22.6 Å². The first-order chi connectivity index (χ1) is 14.6. The molecule has 0 radical (unpaired) electrons. The molecule has 3 aromatic heterocycles. The molecule has 0 spiro atoms. The van der Waals surface area contributed by atoms with Crippen LogP contribution in [0.3, 0.4) is 0 Å². The number of hydrogen-bond donors (Lipinski definition) is 1. The van der Waals surface area contributed by atoms with Gasteiger partial charge in [0.15, 0.2) is 0 Å². The van der Waals surface area contributed by atoms with E-state index in [2.05, 4.69) is 15.0 Å². The Morgan fingerprint density at radius 3 is 2.87 bits per heavy atom. The fraction of sp³-hybridized carbons (Fsp3) is 0.217. The second-order valence-corrected chi connectivity index (χ2v) is 7.64. The number of aromatic amines is 1. The molecule has 150 valence electrons. The summed E-state index contributed by atoms with van der Waals surface area (Å²) in [5, 5.41) is 0.853. The number of fused-ring (bicyclic) bond motifs is 2. The predicted octanol–water partition coefficient (Wildman–Crippen LogP) is 3.21. The predicted molar refractivity (Wildman–Crippen MR) is 115 cm³/mol. The van der Waals surface area contributed by atoms with Crippen molar-refractivity contribution in [2.75, 3.05) is 25.5 Å². The van der Waals surface area contributed by atoms with Crippen LogP contribution in [0.15, 0.2) is 61.2 Å². The van der Waals surface area contributed by atoms with Crippen LogP contribution in [-0.4, -0.2) is 51.4 Å². The second kappa shape index (κ2) is 7.26. The minimum Gasteiger partial charge on any atom is -0.363 e. The molecule has 0 aliphatic carbocycles. The van der Waals surface area contributed by atoms with Crippen molar-refractivity contribution in [2.45, 2.75) is 12.5 Å². The Hall–Kier alpha value is -3.74. The van der Waals surface area contributed by atoms with Gasteiger partial charge in [-0.3, -0.25) is 9.78 Å². The zero-order valence-corrected chi connectivity index (χ0v) is 16.9. The van der Waals surface area contributed by atoms with E-state index in [0.29, 0.717) is 12.1 Å². The summed E-state index contributed by atoms with van der Waals surface area (Å²) in [6.07, 6.45) is 5.99. The molecule has 0 bridgehead atoms. The number of imidazole rings is 1. The van der Waals surface area contributed by atoms with Gasteiger partial charge in [0, 0.05) is 50.5 Å². The number of rotatable bonds is 3. The van der Waals surface area contributed by atoms with Gasteiger partial charge in [0.1, 0.15) is 11.9 Å². The van der Waals surface area contributed by atoms with Crippen LogP contribution in [-0.2, 0) is 6.42 Å². The van der Waals surface area contributed by atoms with Gasteiger partial charge in [-0.15, -0.1) is 0 Å². The third-order valence-corrected chi connectivity index (χ3v) is 5.58. The van der Waals surface area contributed by atoms with E-state index in [-0.39, 0.29) is 11.9 Å². The number of nitrogens with one attached hydrogen (secondary N) is 1. The van der Waals surface area contributed by atoms with Crippen molar-refractivity contribution < 1.29 is 4.79 Å². The minimum absolute atomic E-state index is 0.0285. The number of carbonyl (C=O) groups excluding carboxylic acids is 1. The highest BCUT2D eigenvalue weighted by Crippen LogP contribution is 2.35. The second-order valence-electron chi connectivity index (χ2n) is 7.64. The van der Waals surface area contributed by atoms with Gasteiger partial charge in [0.2, 0.25) is 0 Å². The summed E-state index contributed by atoms with van der Waals surface area (Å²) in [6.45, 7) is 0.599. The van der Waals surface area contributed by atoms with Gasteiger partial charge in [-0.2, -0.15) is 0 Å². The molecule has 5 rings (SSSR count). The number of carbonyl (C=O) groups is 1. The quantitative estimate of drug-likeness (QED) is 0.573. The summed E-state index contributed by atoms with van der Waals surface area (Å²) in [5.74, 6) is 0.728. The number of para-hydroxylation sites is 1. The number of benzene rings is 1. The molecule has 1 N–H and O–H groups in total. The maximum atomic E-state index is 13.9. The maximum absolute atomic E-state index is 13.9. The maximum Gasteiger partial charge on any atom is 0.255 e. The topological polar surface area (TPSA) is 78.0 Å². The SMILES string of the molecule is CN(C)c1cc(C(=O)N2CCc3[nH]cnc3C2c2cccnc2)c2ccccc2n1. The molecular weight excluding hydrogens is 376 g/mol. The summed E-state index contributed by atoms with van der Waals surface area (Å²) < 4.78 is 0. The standard InChI is InChI=1S/C23H22N6O/c1-28(2)20-12-17(16-7-3-4-8-18(16)27-20)23(30)29-11-9-19-21(26-14-25-19)22(29)15-6-5-10-24-13-15/h3-8,10,12-14,22H,9,11H2,1-2H3,(H,25,26). The first-order valence-corrected chi connectivity index (χ1v) is 9.93. The van der Waals surface area contributed by atoms with E-state index in [0.717, 1.165) is 40.1 Å². The number of anilines is 1. The van der Waals surface area contributed by atoms with Crippen LogP contribution in [0.5, 0.6) is 0 Å². The lowest BCUT2D eigenvalue weighted by Crippen LogP contribution is -2.41. The Kier molecular flexibility index (Phi) is 4.43. The van der Waals surface area contributed by atoms with E-state index in [1.807, 2.05) is 72.6 Å². The molecule has 30 heavy (non-hydrogen) atoms. The lowest BCUT2D eigenvalue weighted by molar-refractivity contribution is 0.0692. The number of nitrogens with zero attached hydrogens (tertiary/aromatic N) is 5. The van der Waals surface area contributed by atoms with E-state index in [1.54, 1.807) is 12.5 Å². The molecule has 1 atom stereocenters. The van der Waals surface area contributed by atoms with Gasteiger partial charge < -0.3 is 14.8 Å². The number of aromatic nitrogens is 4. The number of hydrogen-bond acceptors (Lipinski definition) is 5. The Morgan fingerprint density at radius 2 is 2.07 bits per heavy atom. The van der Waals surface area contributed by atoms with Crippen LogP contribution >= 0.6 is 0 Å². The normalized spacial score (nSPS) is 15.8. The highest BCUT2D eigenvalue weighted by molar-refractivity contribution is 6.07. The average Bonchev–Trinajstić information content (AvgIpc) is 3.26. The van der Waals surface area contributed by atoms with Crippen LogP contribution in [0.1, 0.15) is 33.4 Å². The first-order valence-electron chi connectivity index (χ1n) is 9.93. The van der Waals surface area contributed by atoms with Crippen LogP contribution in [0.2, 0.25) is 0 Å². The van der Waals surface area contributed by atoms with Gasteiger partial charge >= 0.3 is 0 Å². The molecule has 4 heterocycles. The Balaban J connectivity index is 1.66. The van der Waals surface area contributed by atoms with Crippen LogP contribution in [0, 0.1) is 0 Å². The monoisotopic (exact) mass is 398 g/mol. The molecule has 7 nitrogen and oxygen atoms in total. The zero-order valence-electron chi connectivity index (χ0n) is 16.9. The smallest absolute Gasteiger partial charge is 0.255 e. The fourth-order valence-corrected chi connectivity index (χ4v) is 4.09. The van der Waals surface area contributed by atoms with E-state index in [1.165, 1.54) is 0 Å². The molecular formula is C23H22N6O. The third-order valence-electron chi connectivity index (χ3n) is 5.58. The first kappa shape index (κ1) is 18.3. The molecule has 1 unspecified atom stereocenters. The van der Waals surface area contributed by atoms with Gasteiger partial charge in [-0.05, 0) is 23.8 Å².